The van der Waals surface area contributed by atoms with Crippen LogP contribution in [0.25, 0.3) is 10.6 Å². The van der Waals surface area contributed by atoms with Crippen LogP contribution in [0, 0.1) is 0 Å². The number of aromatic nitrogens is 2. The number of thioether (sulfide) groups is 1. The van der Waals surface area contributed by atoms with Crippen molar-refractivity contribution in [1.82, 2.24) is 10.2 Å². The molecule has 0 amide bonds. The van der Waals surface area contributed by atoms with E-state index in [1.165, 1.54) is 23.1 Å². The molecule has 0 aliphatic heterocycles. The van der Waals surface area contributed by atoms with Gasteiger partial charge in [-0.2, -0.15) is 0 Å². The predicted molar refractivity (Wildman–Crippen MR) is 75.3 cm³/mol. The number of hydrogen-bond donors (Lipinski definition) is 0. The molecule has 0 radical (unpaired) electrons. The predicted octanol–water partition coefficient (Wildman–Crippen LogP) is -0.763. The molecule has 5 nitrogen and oxygen atoms in total. The maximum atomic E-state index is 10.4. The summed E-state index contributed by atoms with van der Waals surface area (Å²) in [5, 5.41) is 8.95. The van der Waals surface area contributed by atoms with E-state index < -0.39 is 10.1 Å². The van der Waals surface area contributed by atoms with Gasteiger partial charge in [0.1, 0.15) is 5.01 Å². The summed E-state index contributed by atoms with van der Waals surface area (Å²) in [5.74, 6) is 0.217. The van der Waals surface area contributed by atoms with Crippen LogP contribution in [0.15, 0.2) is 34.7 Å². The van der Waals surface area contributed by atoms with Gasteiger partial charge >= 0.3 is 29.6 Å². The van der Waals surface area contributed by atoms with E-state index in [0.717, 1.165) is 14.9 Å². The summed E-state index contributed by atoms with van der Waals surface area (Å²) < 4.78 is 32.1. The number of benzene rings is 1. The summed E-state index contributed by atoms with van der Waals surface area (Å²) in [7, 11) is -4.11. The van der Waals surface area contributed by atoms with E-state index in [1.54, 1.807) is 0 Å². The van der Waals surface area contributed by atoms with Crippen LogP contribution in [0.1, 0.15) is 6.42 Å². The van der Waals surface area contributed by atoms with Crippen LogP contribution in [-0.2, 0) is 10.1 Å². The fourth-order valence-corrected chi connectivity index (χ4v) is 3.91. The third-order valence-corrected chi connectivity index (χ3v) is 5.17. The van der Waals surface area contributed by atoms with Crippen molar-refractivity contribution < 1.29 is 42.5 Å². The molecule has 0 N–H and O–H groups in total. The van der Waals surface area contributed by atoms with E-state index in [0.29, 0.717) is 12.2 Å². The molecule has 0 aliphatic rings. The first-order valence-corrected chi connectivity index (χ1v) is 8.88. The third kappa shape index (κ3) is 6.21. The Morgan fingerprint density at radius 1 is 1.20 bits per heavy atom. The Balaban J connectivity index is 0.00000200. The van der Waals surface area contributed by atoms with Crippen molar-refractivity contribution in [3.8, 4) is 10.6 Å². The normalized spacial score (nSPS) is 11.1. The summed E-state index contributed by atoms with van der Waals surface area (Å²) in [5.41, 5.74) is 1.01. The molecule has 1 aromatic carbocycles. The van der Waals surface area contributed by atoms with Crippen molar-refractivity contribution in [2.45, 2.75) is 10.8 Å². The smallest absolute Gasteiger partial charge is 0.748 e. The molecule has 2 aromatic rings. The zero-order valence-corrected chi connectivity index (χ0v) is 15.3. The summed E-state index contributed by atoms with van der Waals surface area (Å²) in [6.07, 6.45) is 0.330. The summed E-state index contributed by atoms with van der Waals surface area (Å²) in [6, 6.07) is 9.72. The monoisotopic (exact) mass is 338 g/mol. The number of rotatable bonds is 6. The third-order valence-electron chi connectivity index (χ3n) is 2.19. The molecule has 102 valence electrons. The van der Waals surface area contributed by atoms with E-state index in [9.17, 15) is 13.0 Å². The van der Waals surface area contributed by atoms with Gasteiger partial charge in [-0.3, -0.25) is 0 Å². The molecule has 1 heterocycles. The second kappa shape index (κ2) is 8.47. The molecule has 0 unspecified atom stereocenters. The van der Waals surface area contributed by atoms with E-state index in [1.807, 2.05) is 30.3 Å². The summed E-state index contributed by atoms with van der Waals surface area (Å²) in [4.78, 5) is 0. The molecule has 0 saturated carbocycles. The first kappa shape index (κ1) is 18.1. The maximum Gasteiger partial charge on any atom is 1.00 e. The van der Waals surface area contributed by atoms with Crippen LogP contribution in [0.2, 0.25) is 0 Å². The molecule has 0 bridgehead atoms. The number of nitrogens with zero attached hydrogens (tertiary/aromatic N) is 2. The first-order valence-electron chi connectivity index (χ1n) is 5.50. The topological polar surface area (TPSA) is 83.0 Å². The van der Waals surface area contributed by atoms with Crippen LogP contribution < -0.4 is 29.6 Å². The van der Waals surface area contributed by atoms with Gasteiger partial charge < -0.3 is 4.55 Å². The van der Waals surface area contributed by atoms with Gasteiger partial charge in [0, 0.05) is 17.1 Å². The second-order valence-electron chi connectivity index (χ2n) is 3.70. The second-order valence-corrected chi connectivity index (χ2v) is 7.55. The fourth-order valence-electron chi connectivity index (χ4n) is 1.36. The first-order chi connectivity index (χ1) is 9.04. The average molecular weight is 338 g/mol. The van der Waals surface area contributed by atoms with Gasteiger partial charge in [-0.1, -0.05) is 53.4 Å². The van der Waals surface area contributed by atoms with Crippen molar-refractivity contribution in [2.24, 2.45) is 0 Å². The Hall–Kier alpha value is 0.0400. The maximum absolute atomic E-state index is 10.4. The van der Waals surface area contributed by atoms with E-state index in [4.69, 9.17) is 0 Å². The minimum Gasteiger partial charge on any atom is -0.748 e. The van der Waals surface area contributed by atoms with E-state index in [-0.39, 0.29) is 35.3 Å². The van der Waals surface area contributed by atoms with Crippen LogP contribution in [0.3, 0.4) is 0 Å². The molecule has 2 rings (SSSR count). The van der Waals surface area contributed by atoms with Crippen molar-refractivity contribution >= 4 is 33.2 Å². The minimum atomic E-state index is -4.11. The Kier molecular flexibility index (Phi) is 7.67. The van der Waals surface area contributed by atoms with Crippen molar-refractivity contribution in [3.05, 3.63) is 30.3 Å². The van der Waals surface area contributed by atoms with Crippen LogP contribution in [0.5, 0.6) is 0 Å². The minimum absolute atomic E-state index is 0. The molecule has 1 aromatic heterocycles. The molecular formula is C11H11N2NaO3S3. The zero-order chi connectivity index (χ0) is 13.7. The Labute approximate surface area is 148 Å². The zero-order valence-electron chi connectivity index (χ0n) is 10.9. The van der Waals surface area contributed by atoms with Gasteiger partial charge in [0.15, 0.2) is 4.34 Å². The Morgan fingerprint density at radius 2 is 1.90 bits per heavy atom. The van der Waals surface area contributed by atoms with Crippen LogP contribution in [-0.4, -0.2) is 34.7 Å². The molecule has 0 saturated heterocycles. The molecule has 20 heavy (non-hydrogen) atoms. The fraction of sp³-hybridized carbons (Fsp3) is 0.273. The van der Waals surface area contributed by atoms with Crippen molar-refractivity contribution in [1.29, 1.82) is 0 Å². The Bertz CT molecular complexity index is 631. The molecule has 0 atom stereocenters. The van der Waals surface area contributed by atoms with Gasteiger partial charge in [0.2, 0.25) is 0 Å². The van der Waals surface area contributed by atoms with E-state index >= 15 is 0 Å². The largest absolute Gasteiger partial charge is 1.00 e. The van der Waals surface area contributed by atoms with Crippen LogP contribution >= 0.6 is 23.1 Å². The quantitative estimate of drug-likeness (QED) is 0.298. The molecule has 0 fully saturated rings. The van der Waals surface area contributed by atoms with E-state index in [2.05, 4.69) is 10.2 Å². The van der Waals surface area contributed by atoms with Gasteiger partial charge in [0.05, 0.1) is 10.1 Å². The molecule has 0 aliphatic carbocycles. The van der Waals surface area contributed by atoms with Crippen LogP contribution in [0.4, 0.5) is 0 Å². The van der Waals surface area contributed by atoms with Gasteiger partial charge in [-0.25, -0.2) is 8.42 Å². The van der Waals surface area contributed by atoms with Gasteiger partial charge in [-0.05, 0) is 6.42 Å². The molecule has 0 spiro atoms. The van der Waals surface area contributed by atoms with Crippen molar-refractivity contribution in [2.75, 3.05) is 11.5 Å². The molecule has 9 heteroatoms. The summed E-state index contributed by atoms with van der Waals surface area (Å²) in [6.45, 7) is 0. The van der Waals surface area contributed by atoms with Gasteiger partial charge in [-0.15, -0.1) is 10.2 Å². The average Bonchev–Trinajstić information content (AvgIpc) is 2.83. The molecular weight excluding hydrogens is 327 g/mol. The SMILES string of the molecule is O=S(=O)([O-])CCCSc1nnc(-c2ccccc2)s1.[Na+]. The van der Waals surface area contributed by atoms with Crippen molar-refractivity contribution in [3.63, 3.8) is 0 Å². The Morgan fingerprint density at radius 3 is 2.55 bits per heavy atom. The standard InChI is InChI=1S/C11H12N2O3S3.Na/c14-19(15,16)8-4-7-17-11-13-12-10(18-11)9-5-2-1-3-6-9;/h1-3,5-6H,4,7-8H2,(H,14,15,16);/q;+1/p-1. The van der Waals surface area contributed by atoms with Gasteiger partial charge in [0.25, 0.3) is 0 Å². The number of hydrogen-bond acceptors (Lipinski definition) is 7. The summed E-state index contributed by atoms with van der Waals surface area (Å²) >= 11 is 2.88.